The molecule has 12 heavy (non-hydrogen) atoms. The number of hydrogen-bond acceptors (Lipinski definition) is 3. The van der Waals surface area contributed by atoms with E-state index < -0.39 is 16.0 Å². The predicted octanol–water partition coefficient (Wildman–Crippen LogP) is -0.653. The van der Waals surface area contributed by atoms with Gasteiger partial charge >= 0.3 is 5.69 Å². The molecule has 0 atom stereocenters. The molecule has 0 unspecified atom stereocenters. The first-order chi connectivity index (χ1) is 5.66. The molecular weight excluding hydrogens is 167 g/mol. The quantitative estimate of drug-likeness (QED) is 0.598. The smallest absolute Gasteiger partial charge is 0.361 e. The Morgan fingerprint density at radius 1 is 1.58 bits per heavy atom. The molecule has 1 rings (SSSR count). The van der Waals surface area contributed by atoms with Crippen molar-refractivity contribution in [2.45, 2.75) is 6.73 Å². The SMILES string of the molecule is COCn1ccc(=O)n(F)c1=O. The molecule has 5 nitrogen and oxygen atoms in total. The highest BCUT2D eigenvalue weighted by Gasteiger charge is 2.01. The monoisotopic (exact) mass is 174 g/mol. The summed E-state index contributed by atoms with van der Waals surface area (Å²) < 4.78 is 18.0. The predicted molar refractivity (Wildman–Crippen MR) is 38.5 cm³/mol. The van der Waals surface area contributed by atoms with E-state index in [9.17, 15) is 14.1 Å². The number of ether oxygens (including phenoxy) is 1. The van der Waals surface area contributed by atoms with Crippen LogP contribution < -0.4 is 11.2 Å². The lowest BCUT2D eigenvalue weighted by molar-refractivity contribution is 0.121. The fourth-order valence-corrected chi connectivity index (χ4v) is 0.727. The maximum Gasteiger partial charge on any atom is 0.361 e. The van der Waals surface area contributed by atoms with Crippen molar-refractivity contribution in [3.05, 3.63) is 33.1 Å². The van der Waals surface area contributed by atoms with Gasteiger partial charge in [0.2, 0.25) is 0 Å². The van der Waals surface area contributed by atoms with E-state index in [-0.39, 0.29) is 6.73 Å². The molecule has 0 amide bonds. The van der Waals surface area contributed by atoms with Crippen LogP contribution in [0.2, 0.25) is 0 Å². The summed E-state index contributed by atoms with van der Waals surface area (Å²) in [5.74, 6) is 0. The molecule has 66 valence electrons. The van der Waals surface area contributed by atoms with Gasteiger partial charge in [-0.15, -0.1) is 0 Å². The van der Waals surface area contributed by atoms with Crippen LogP contribution in [-0.4, -0.2) is 16.5 Å². The Hall–Kier alpha value is -1.43. The summed E-state index contributed by atoms with van der Waals surface area (Å²) >= 11 is 0. The Labute approximate surface area is 66.6 Å². The van der Waals surface area contributed by atoms with Crippen molar-refractivity contribution >= 4 is 0 Å². The summed E-state index contributed by atoms with van der Waals surface area (Å²) in [6.07, 6.45) is 1.17. The van der Waals surface area contributed by atoms with Crippen LogP contribution in [0.25, 0.3) is 0 Å². The summed E-state index contributed by atoms with van der Waals surface area (Å²) in [4.78, 5) is 20.9. The minimum absolute atomic E-state index is 0.0803. The van der Waals surface area contributed by atoms with Gasteiger partial charge < -0.3 is 4.74 Å². The number of nitrogens with zero attached hydrogens (tertiary/aromatic N) is 2. The maximum absolute atomic E-state index is 12.5. The normalized spacial score (nSPS) is 10.2. The van der Waals surface area contributed by atoms with Crippen LogP contribution in [0.15, 0.2) is 21.9 Å². The first-order valence-electron chi connectivity index (χ1n) is 3.14. The first kappa shape index (κ1) is 8.66. The van der Waals surface area contributed by atoms with Crippen molar-refractivity contribution in [3.8, 4) is 0 Å². The van der Waals surface area contributed by atoms with E-state index in [1.54, 1.807) is 0 Å². The van der Waals surface area contributed by atoms with Crippen LogP contribution in [0.4, 0.5) is 4.48 Å². The Kier molecular flexibility index (Phi) is 2.39. The Balaban J connectivity index is 3.27. The van der Waals surface area contributed by atoms with E-state index in [2.05, 4.69) is 4.74 Å². The Bertz CT molecular complexity index is 381. The van der Waals surface area contributed by atoms with Crippen molar-refractivity contribution in [2.75, 3.05) is 7.11 Å². The molecule has 0 saturated heterocycles. The van der Waals surface area contributed by atoms with Gasteiger partial charge in [-0.25, -0.2) is 4.79 Å². The molecule has 0 aliphatic carbocycles. The molecule has 0 N–H and O–H groups in total. The van der Waals surface area contributed by atoms with E-state index in [1.807, 2.05) is 0 Å². The van der Waals surface area contributed by atoms with Gasteiger partial charge in [-0.2, -0.15) is 0 Å². The zero-order valence-electron chi connectivity index (χ0n) is 6.36. The van der Waals surface area contributed by atoms with E-state index in [0.29, 0.717) is 0 Å². The van der Waals surface area contributed by atoms with Gasteiger partial charge in [-0.05, 0) is 0 Å². The molecule has 1 heterocycles. The summed E-state index contributed by atoms with van der Waals surface area (Å²) in [5.41, 5.74) is -2.02. The second-order valence-electron chi connectivity index (χ2n) is 2.10. The van der Waals surface area contributed by atoms with Crippen LogP contribution in [0, 0.1) is 0 Å². The molecule has 0 aromatic carbocycles. The van der Waals surface area contributed by atoms with E-state index in [1.165, 1.54) is 13.3 Å². The minimum atomic E-state index is -1.04. The van der Waals surface area contributed by atoms with E-state index >= 15 is 0 Å². The lowest BCUT2D eigenvalue weighted by Crippen LogP contribution is -2.35. The third-order valence-corrected chi connectivity index (χ3v) is 1.27. The van der Waals surface area contributed by atoms with Crippen molar-refractivity contribution in [1.82, 2.24) is 9.36 Å². The summed E-state index contributed by atoms with van der Waals surface area (Å²) in [7, 11) is 1.36. The molecule has 0 bridgehead atoms. The topological polar surface area (TPSA) is 53.2 Å². The van der Waals surface area contributed by atoms with Crippen molar-refractivity contribution in [1.29, 1.82) is 0 Å². The average Bonchev–Trinajstić information content (AvgIpc) is 2.07. The summed E-state index contributed by atoms with van der Waals surface area (Å²) in [5, 5.41) is 0. The van der Waals surface area contributed by atoms with Crippen molar-refractivity contribution in [2.24, 2.45) is 0 Å². The number of hydrogen-bond donors (Lipinski definition) is 0. The molecule has 0 aliphatic rings. The van der Waals surface area contributed by atoms with Crippen LogP contribution in [0.5, 0.6) is 0 Å². The highest BCUT2D eigenvalue weighted by Crippen LogP contribution is 1.78. The van der Waals surface area contributed by atoms with Gasteiger partial charge in [-0.3, -0.25) is 9.36 Å². The van der Waals surface area contributed by atoms with Crippen LogP contribution in [0.3, 0.4) is 0 Å². The summed E-state index contributed by atoms with van der Waals surface area (Å²) in [6, 6.07) is 0.945. The lowest BCUT2D eigenvalue weighted by Gasteiger charge is -2.01. The third-order valence-electron chi connectivity index (χ3n) is 1.27. The molecule has 0 fully saturated rings. The fourth-order valence-electron chi connectivity index (χ4n) is 0.727. The van der Waals surface area contributed by atoms with Crippen LogP contribution >= 0.6 is 0 Å². The minimum Gasteiger partial charge on any atom is -0.364 e. The molecule has 0 aliphatic heterocycles. The molecular formula is C6H7FN2O3. The maximum atomic E-state index is 12.5. The van der Waals surface area contributed by atoms with Gasteiger partial charge in [0, 0.05) is 19.4 Å². The second-order valence-corrected chi connectivity index (χ2v) is 2.10. The average molecular weight is 174 g/mol. The number of halogens is 1. The van der Waals surface area contributed by atoms with E-state index in [4.69, 9.17) is 0 Å². The van der Waals surface area contributed by atoms with Gasteiger partial charge in [0.25, 0.3) is 5.56 Å². The molecule has 1 aromatic rings. The fraction of sp³-hybridized carbons (Fsp3) is 0.333. The highest BCUT2D eigenvalue weighted by atomic mass is 19.2. The van der Waals surface area contributed by atoms with Crippen molar-refractivity contribution in [3.63, 3.8) is 0 Å². The van der Waals surface area contributed by atoms with Gasteiger partial charge in [-0.1, -0.05) is 9.27 Å². The number of rotatable bonds is 2. The Morgan fingerprint density at radius 3 is 2.83 bits per heavy atom. The summed E-state index contributed by atoms with van der Waals surface area (Å²) in [6.45, 7) is -0.0803. The zero-order chi connectivity index (χ0) is 9.14. The Morgan fingerprint density at radius 2 is 2.25 bits per heavy atom. The van der Waals surface area contributed by atoms with Gasteiger partial charge in [0.15, 0.2) is 0 Å². The second kappa shape index (κ2) is 3.31. The number of aromatic nitrogens is 2. The first-order valence-corrected chi connectivity index (χ1v) is 3.14. The highest BCUT2D eigenvalue weighted by molar-refractivity contribution is 4.83. The molecule has 0 radical (unpaired) electrons. The standard InChI is InChI=1S/C6H7FN2O3/c1-12-4-8-3-2-5(10)9(7)6(8)11/h2-3H,4H2,1H3. The van der Waals surface area contributed by atoms with E-state index in [0.717, 1.165) is 10.6 Å². The molecule has 6 heteroatoms. The zero-order valence-corrected chi connectivity index (χ0v) is 6.36. The molecule has 1 aromatic heterocycles. The number of methoxy groups -OCH3 is 1. The largest absolute Gasteiger partial charge is 0.364 e. The van der Waals surface area contributed by atoms with Gasteiger partial charge in [0.1, 0.15) is 6.73 Å². The van der Waals surface area contributed by atoms with Crippen molar-refractivity contribution < 1.29 is 9.22 Å². The van der Waals surface area contributed by atoms with Crippen LogP contribution in [-0.2, 0) is 11.5 Å². The molecule has 0 saturated carbocycles. The van der Waals surface area contributed by atoms with Crippen LogP contribution in [0.1, 0.15) is 0 Å². The third kappa shape index (κ3) is 1.42. The van der Waals surface area contributed by atoms with Gasteiger partial charge in [0.05, 0.1) is 0 Å². The molecule has 0 spiro atoms. The lowest BCUT2D eigenvalue weighted by atomic mass is 10.6.